The molecule has 98 valence electrons. The minimum absolute atomic E-state index is 0.222. The normalized spacial score (nSPS) is 34.6. The first-order chi connectivity index (χ1) is 8.60. The monoisotopic (exact) mass is 251 g/mol. The number of rotatable bonds is 2. The molecule has 2 saturated heterocycles. The molecule has 2 aliphatic rings. The number of halogens is 1. The summed E-state index contributed by atoms with van der Waals surface area (Å²) in [6, 6.07) is 5.49. The highest BCUT2D eigenvalue weighted by Crippen LogP contribution is 2.41. The largest absolute Gasteiger partial charge is 0.494 e. The van der Waals surface area contributed by atoms with E-state index >= 15 is 0 Å². The fraction of sp³-hybridized carbons (Fsp3) is 0.571. The van der Waals surface area contributed by atoms with Gasteiger partial charge in [0.05, 0.1) is 12.7 Å². The van der Waals surface area contributed by atoms with Gasteiger partial charge in [-0.25, -0.2) is 4.39 Å². The molecule has 2 bridgehead atoms. The topological polar surface area (TPSA) is 41.5 Å². The number of hydrogen-bond acceptors (Lipinski definition) is 3. The van der Waals surface area contributed by atoms with Gasteiger partial charge in [-0.2, -0.15) is 0 Å². The maximum atomic E-state index is 13.7. The molecule has 2 aliphatic heterocycles. The summed E-state index contributed by atoms with van der Waals surface area (Å²) in [6.07, 6.45) is 3.53. The van der Waals surface area contributed by atoms with Gasteiger partial charge in [0.1, 0.15) is 0 Å². The molecule has 0 aliphatic carbocycles. The minimum atomic E-state index is -0.899. The first-order valence-electron chi connectivity index (χ1n) is 6.43. The van der Waals surface area contributed by atoms with Crippen LogP contribution in [0.15, 0.2) is 18.2 Å². The highest BCUT2D eigenvalue weighted by molar-refractivity contribution is 5.33. The lowest BCUT2D eigenvalue weighted by Crippen LogP contribution is -2.46. The van der Waals surface area contributed by atoms with E-state index in [4.69, 9.17) is 4.74 Å². The zero-order valence-electron chi connectivity index (χ0n) is 10.4. The van der Waals surface area contributed by atoms with Gasteiger partial charge in [0, 0.05) is 12.1 Å². The zero-order chi connectivity index (χ0) is 12.8. The van der Waals surface area contributed by atoms with E-state index in [1.165, 1.54) is 13.2 Å². The molecule has 3 nitrogen and oxygen atoms in total. The average Bonchev–Trinajstić information content (AvgIpc) is 2.69. The predicted octanol–water partition coefficient (Wildman–Crippen LogP) is 1.94. The van der Waals surface area contributed by atoms with Crippen LogP contribution >= 0.6 is 0 Å². The second-order valence-electron chi connectivity index (χ2n) is 5.43. The Morgan fingerprint density at radius 3 is 2.56 bits per heavy atom. The lowest BCUT2D eigenvalue weighted by molar-refractivity contribution is -0.0117. The first kappa shape index (κ1) is 11.9. The zero-order valence-corrected chi connectivity index (χ0v) is 10.4. The van der Waals surface area contributed by atoms with Gasteiger partial charge < -0.3 is 15.2 Å². The smallest absolute Gasteiger partial charge is 0.165 e. The SMILES string of the molecule is COc1ccc(C2(O)CC3CCC(C2)N3)cc1F. The van der Waals surface area contributed by atoms with Gasteiger partial charge >= 0.3 is 0 Å². The van der Waals surface area contributed by atoms with Crippen molar-refractivity contribution in [2.45, 2.75) is 43.4 Å². The van der Waals surface area contributed by atoms with Gasteiger partial charge in [-0.05, 0) is 43.4 Å². The number of benzene rings is 1. The van der Waals surface area contributed by atoms with Crippen molar-refractivity contribution in [1.29, 1.82) is 0 Å². The molecule has 2 N–H and O–H groups in total. The lowest BCUT2D eigenvalue weighted by Gasteiger charge is -2.37. The molecule has 0 radical (unpaired) electrons. The van der Waals surface area contributed by atoms with Crippen LogP contribution < -0.4 is 10.1 Å². The Balaban J connectivity index is 1.91. The van der Waals surface area contributed by atoms with Gasteiger partial charge in [0.15, 0.2) is 11.6 Å². The Labute approximate surface area is 106 Å². The third kappa shape index (κ3) is 1.89. The van der Waals surface area contributed by atoms with E-state index in [2.05, 4.69) is 5.32 Å². The number of piperidine rings is 1. The number of methoxy groups -OCH3 is 1. The first-order valence-corrected chi connectivity index (χ1v) is 6.43. The summed E-state index contributed by atoms with van der Waals surface area (Å²) < 4.78 is 18.6. The van der Waals surface area contributed by atoms with Gasteiger partial charge in [0.2, 0.25) is 0 Å². The highest BCUT2D eigenvalue weighted by atomic mass is 19.1. The van der Waals surface area contributed by atoms with Crippen LogP contribution in [0.4, 0.5) is 4.39 Å². The molecule has 2 atom stereocenters. The van der Waals surface area contributed by atoms with Crippen LogP contribution in [0.3, 0.4) is 0 Å². The van der Waals surface area contributed by atoms with Crippen LogP contribution in [-0.2, 0) is 5.60 Å². The minimum Gasteiger partial charge on any atom is -0.494 e. The van der Waals surface area contributed by atoms with E-state index in [0.29, 0.717) is 30.5 Å². The Bertz CT molecular complexity index is 451. The van der Waals surface area contributed by atoms with Crippen LogP contribution in [0.2, 0.25) is 0 Å². The molecule has 1 aromatic rings. The summed E-state index contributed by atoms with van der Waals surface area (Å²) >= 11 is 0. The summed E-state index contributed by atoms with van der Waals surface area (Å²) in [5, 5.41) is 14.2. The van der Waals surface area contributed by atoms with Gasteiger partial charge in [-0.3, -0.25) is 0 Å². The quantitative estimate of drug-likeness (QED) is 0.844. The molecule has 2 heterocycles. The third-order valence-corrected chi connectivity index (χ3v) is 4.19. The van der Waals surface area contributed by atoms with Crippen LogP contribution in [0.1, 0.15) is 31.2 Å². The Kier molecular flexibility index (Phi) is 2.79. The van der Waals surface area contributed by atoms with Crippen molar-refractivity contribution >= 4 is 0 Å². The van der Waals surface area contributed by atoms with Crippen molar-refractivity contribution in [3.05, 3.63) is 29.6 Å². The number of hydrogen-bond donors (Lipinski definition) is 2. The second kappa shape index (κ2) is 4.21. The molecule has 4 heteroatoms. The van der Waals surface area contributed by atoms with Crippen LogP contribution in [0.25, 0.3) is 0 Å². The molecule has 0 aromatic heterocycles. The third-order valence-electron chi connectivity index (χ3n) is 4.19. The molecule has 1 aromatic carbocycles. The van der Waals surface area contributed by atoms with Crippen molar-refractivity contribution in [3.8, 4) is 5.75 Å². The molecule has 0 amide bonds. The lowest BCUT2D eigenvalue weighted by atomic mass is 9.81. The van der Waals surface area contributed by atoms with Crippen molar-refractivity contribution in [1.82, 2.24) is 5.32 Å². The summed E-state index contributed by atoms with van der Waals surface area (Å²) in [7, 11) is 1.44. The predicted molar refractivity (Wildman–Crippen MR) is 66.0 cm³/mol. The fourth-order valence-corrected chi connectivity index (χ4v) is 3.31. The van der Waals surface area contributed by atoms with Gasteiger partial charge in [0.25, 0.3) is 0 Å². The van der Waals surface area contributed by atoms with Crippen LogP contribution in [0.5, 0.6) is 5.75 Å². The van der Waals surface area contributed by atoms with Crippen LogP contribution in [-0.4, -0.2) is 24.3 Å². The molecule has 2 unspecified atom stereocenters. The second-order valence-corrected chi connectivity index (χ2v) is 5.43. The molecule has 0 spiro atoms. The molecular weight excluding hydrogens is 233 g/mol. The van der Waals surface area contributed by atoms with E-state index in [1.807, 2.05) is 0 Å². The van der Waals surface area contributed by atoms with Crippen molar-refractivity contribution in [3.63, 3.8) is 0 Å². The van der Waals surface area contributed by atoms with E-state index in [1.54, 1.807) is 12.1 Å². The molecule has 3 rings (SSSR count). The Hall–Kier alpha value is -1.13. The maximum Gasteiger partial charge on any atom is 0.165 e. The molecule has 2 fully saturated rings. The summed E-state index contributed by atoms with van der Waals surface area (Å²) in [5.74, 6) is -0.187. The maximum absolute atomic E-state index is 13.7. The number of fused-ring (bicyclic) bond motifs is 2. The summed E-state index contributed by atoms with van der Waals surface area (Å²) in [4.78, 5) is 0. The van der Waals surface area contributed by atoms with Gasteiger partial charge in [-0.1, -0.05) is 6.07 Å². The summed E-state index contributed by atoms with van der Waals surface area (Å²) in [6.45, 7) is 0. The number of ether oxygens (including phenoxy) is 1. The van der Waals surface area contributed by atoms with E-state index in [9.17, 15) is 9.50 Å². The highest BCUT2D eigenvalue weighted by Gasteiger charge is 2.43. The number of aliphatic hydroxyl groups is 1. The summed E-state index contributed by atoms with van der Waals surface area (Å²) in [5.41, 5.74) is -0.233. The van der Waals surface area contributed by atoms with Crippen molar-refractivity contribution in [2.24, 2.45) is 0 Å². The van der Waals surface area contributed by atoms with E-state index in [0.717, 1.165) is 12.8 Å². The molecular formula is C14H18FNO2. The van der Waals surface area contributed by atoms with Crippen molar-refractivity contribution in [2.75, 3.05) is 7.11 Å². The number of nitrogens with one attached hydrogen (secondary N) is 1. The standard InChI is InChI=1S/C14H18FNO2/c1-18-13-5-2-9(6-12(13)15)14(17)7-10-3-4-11(8-14)16-10/h2,5-6,10-11,16-17H,3-4,7-8H2,1H3. The Morgan fingerprint density at radius 2 is 2.00 bits per heavy atom. The van der Waals surface area contributed by atoms with Gasteiger partial charge in [-0.15, -0.1) is 0 Å². The Morgan fingerprint density at radius 1 is 1.33 bits per heavy atom. The average molecular weight is 251 g/mol. The van der Waals surface area contributed by atoms with Crippen LogP contribution in [0, 0.1) is 5.82 Å². The van der Waals surface area contributed by atoms with Crippen molar-refractivity contribution < 1.29 is 14.2 Å². The van der Waals surface area contributed by atoms with E-state index < -0.39 is 11.4 Å². The fourth-order valence-electron chi connectivity index (χ4n) is 3.31. The molecule has 18 heavy (non-hydrogen) atoms. The molecule has 0 saturated carbocycles. The van der Waals surface area contributed by atoms with E-state index in [-0.39, 0.29) is 5.75 Å².